The highest BCUT2D eigenvalue weighted by Crippen LogP contribution is 2.27. The van der Waals surface area contributed by atoms with Crippen molar-refractivity contribution < 1.29 is 9.47 Å². The summed E-state index contributed by atoms with van der Waals surface area (Å²) in [6, 6.07) is 0.0696. The van der Waals surface area contributed by atoms with Crippen LogP contribution in [0.4, 0.5) is 0 Å². The maximum Gasteiger partial charge on any atom is 0.144 e. The maximum atomic E-state index is 5.74. The lowest BCUT2D eigenvalue weighted by Gasteiger charge is -2.13. The van der Waals surface area contributed by atoms with Gasteiger partial charge in [-0.05, 0) is 13.3 Å². The summed E-state index contributed by atoms with van der Waals surface area (Å²) >= 11 is 0. The van der Waals surface area contributed by atoms with Gasteiger partial charge in [0.1, 0.15) is 11.5 Å². The van der Waals surface area contributed by atoms with Crippen LogP contribution in [0.25, 0.3) is 0 Å². The molecule has 0 aromatic carbocycles. The summed E-state index contributed by atoms with van der Waals surface area (Å²) in [5, 5.41) is 0. The zero-order valence-electron chi connectivity index (χ0n) is 8.78. The van der Waals surface area contributed by atoms with Gasteiger partial charge in [0, 0.05) is 11.6 Å². The molecule has 4 nitrogen and oxygen atoms in total. The summed E-state index contributed by atoms with van der Waals surface area (Å²) in [6.07, 6.45) is 4.05. The highest BCUT2D eigenvalue weighted by Gasteiger charge is 2.11. The van der Waals surface area contributed by atoms with E-state index in [1.54, 1.807) is 26.6 Å². The van der Waals surface area contributed by atoms with Crippen LogP contribution in [0.1, 0.15) is 12.5 Å². The van der Waals surface area contributed by atoms with E-state index in [4.69, 9.17) is 15.2 Å². The second kappa shape index (κ2) is 4.81. The fourth-order valence-electron chi connectivity index (χ4n) is 1.32. The maximum absolute atomic E-state index is 5.74. The van der Waals surface area contributed by atoms with E-state index >= 15 is 0 Å². The van der Waals surface area contributed by atoms with Crippen molar-refractivity contribution in [3.63, 3.8) is 0 Å². The lowest BCUT2D eigenvalue weighted by atomic mass is 10.1. The van der Waals surface area contributed by atoms with E-state index in [0.717, 1.165) is 23.5 Å². The predicted octanol–water partition coefficient (Wildman–Crippen LogP) is 0.988. The Bertz CT molecular complexity index is 278. The standard InChI is InChI=1S/C10H16N2O2/c1-7(11)4-8-9(13-2)5-12-6-10(8)14-3/h5-7H,4,11H2,1-3H3/t7-/m0/s1. The van der Waals surface area contributed by atoms with Crippen molar-refractivity contribution in [3.8, 4) is 11.5 Å². The fraction of sp³-hybridized carbons (Fsp3) is 0.500. The number of pyridine rings is 1. The molecule has 1 aromatic heterocycles. The molecular weight excluding hydrogens is 180 g/mol. The molecule has 2 N–H and O–H groups in total. The number of methoxy groups -OCH3 is 2. The van der Waals surface area contributed by atoms with Gasteiger partial charge in [-0.2, -0.15) is 0 Å². The van der Waals surface area contributed by atoms with Gasteiger partial charge in [-0.15, -0.1) is 0 Å². The Hall–Kier alpha value is -1.29. The number of nitrogens with zero attached hydrogens (tertiary/aromatic N) is 1. The van der Waals surface area contributed by atoms with Crippen LogP contribution in [-0.2, 0) is 6.42 Å². The summed E-state index contributed by atoms with van der Waals surface area (Å²) in [7, 11) is 3.22. The molecule has 0 unspecified atom stereocenters. The molecule has 4 heteroatoms. The van der Waals surface area contributed by atoms with Crippen molar-refractivity contribution in [1.82, 2.24) is 4.98 Å². The van der Waals surface area contributed by atoms with Crippen molar-refractivity contribution in [3.05, 3.63) is 18.0 Å². The zero-order chi connectivity index (χ0) is 10.6. The topological polar surface area (TPSA) is 57.4 Å². The first-order valence-corrected chi connectivity index (χ1v) is 4.49. The van der Waals surface area contributed by atoms with Gasteiger partial charge in [0.15, 0.2) is 0 Å². The minimum atomic E-state index is 0.0696. The molecule has 1 rings (SSSR count). The minimum Gasteiger partial charge on any atom is -0.495 e. The second-order valence-corrected chi connectivity index (χ2v) is 3.20. The number of hydrogen-bond acceptors (Lipinski definition) is 4. The van der Waals surface area contributed by atoms with Crippen molar-refractivity contribution in [2.75, 3.05) is 14.2 Å². The molecule has 1 atom stereocenters. The predicted molar refractivity (Wildman–Crippen MR) is 54.7 cm³/mol. The molecule has 0 bridgehead atoms. The van der Waals surface area contributed by atoms with Crippen LogP contribution in [0, 0.1) is 0 Å². The van der Waals surface area contributed by atoms with Gasteiger partial charge in [-0.3, -0.25) is 4.98 Å². The molecule has 0 amide bonds. The summed E-state index contributed by atoms with van der Waals surface area (Å²) in [5.74, 6) is 1.45. The highest BCUT2D eigenvalue weighted by atomic mass is 16.5. The molecule has 1 aromatic rings. The SMILES string of the molecule is COc1cncc(OC)c1C[C@H](C)N. The summed E-state index contributed by atoms with van der Waals surface area (Å²) in [4.78, 5) is 4.00. The number of hydrogen-bond donors (Lipinski definition) is 1. The third kappa shape index (κ3) is 2.35. The summed E-state index contributed by atoms with van der Waals surface area (Å²) < 4.78 is 10.4. The van der Waals surface area contributed by atoms with E-state index in [1.165, 1.54) is 0 Å². The van der Waals surface area contributed by atoms with Gasteiger partial charge >= 0.3 is 0 Å². The Labute approximate surface area is 84.0 Å². The molecule has 1 heterocycles. The van der Waals surface area contributed by atoms with Gasteiger partial charge < -0.3 is 15.2 Å². The third-order valence-electron chi connectivity index (χ3n) is 1.94. The Balaban J connectivity index is 3.05. The van der Waals surface area contributed by atoms with E-state index in [-0.39, 0.29) is 6.04 Å². The molecule has 0 aliphatic carbocycles. The van der Waals surface area contributed by atoms with Gasteiger partial charge in [0.05, 0.1) is 26.6 Å². The summed E-state index contributed by atoms with van der Waals surface area (Å²) in [6.45, 7) is 1.94. The average Bonchev–Trinajstić information content (AvgIpc) is 2.17. The monoisotopic (exact) mass is 196 g/mol. The first kappa shape index (κ1) is 10.8. The minimum absolute atomic E-state index is 0.0696. The molecular formula is C10H16N2O2. The molecule has 0 saturated carbocycles. The van der Waals surface area contributed by atoms with Crippen molar-refractivity contribution in [2.24, 2.45) is 5.73 Å². The zero-order valence-corrected chi connectivity index (χ0v) is 8.78. The molecule has 0 radical (unpaired) electrons. The normalized spacial score (nSPS) is 12.3. The smallest absolute Gasteiger partial charge is 0.144 e. The number of nitrogens with two attached hydrogens (primary N) is 1. The first-order chi connectivity index (χ1) is 6.69. The number of aromatic nitrogens is 1. The Morgan fingerprint density at radius 2 is 1.79 bits per heavy atom. The second-order valence-electron chi connectivity index (χ2n) is 3.20. The van der Waals surface area contributed by atoms with Crippen LogP contribution < -0.4 is 15.2 Å². The van der Waals surface area contributed by atoms with Crippen LogP contribution in [0.15, 0.2) is 12.4 Å². The fourth-order valence-corrected chi connectivity index (χ4v) is 1.32. The van der Waals surface area contributed by atoms with E-state index in [9.17, 15) is 0 Å². The first-order valence-electron chi connectivity index (χ1n) is 4.49. The van der Waals surface area contributed by atoms with E-state index < -0.39 is 0 Å². The van der Waals surface area contributed by atoms with Gasteiger partial charge in [0.2, 0.25) is 0 Å². The number of rotatable bonds is 4. The molecule has 78 valence electrons. The third-order valence-corrected chi connectivity index (χ3v) is 1.94. The molecule has 14 heavy (non-hydrogen) atoms. The van der Waals surface area contributed by atoms with Crippen LogP contribution in [0.5, 0.6) is 11.5 Å². The van der Waals surface area contributed by atoms with Crippen LogP contribution in [0.3, 0.4) is 0 Å². The van der Waals surface area contributed by atoms with Crippen LogP contribution in [-0.4, -0.2) is 25.2 Å². The van der Waals surface area contributed by atoms with E-state index in [0.29, 0.717) is 0 Å². The Kier molecular flexibility index (Phi) is 3.71. The average molecular weight is 196 g/mol. The Morgan fingerprint density at radius 3 is 2.14 bits per heavy atom. The highest BCUT2D eigenvalue weighted by molar-refractivity contribution is 5.42. The van der Waals surface area contributed by atoms with Gasteiger partial charge in [-0.25, -0.2) is 0 Å². The largest absolute Gasteiger partial charge is 0.495 e. The van der Waals surface area contributed by atoms with E-state index in [1.807, 2.05) is 6.92 Å². The molecule has 0 aliphatic heterocycles. The van der Waals surface area contributed by atoms with Crippen molar-refractivity contribution in [1.29, 1.82) is 0 Å². The van der Waals surface area contributed by atoms with Gasteiger partial charge in [-0.1, -0.05) is 0 Å². The van der Waals surface area contributed by atoms with Crippen molar-refractivity contribution in [2.45, 2.75) is 19.4 Å². The molecule has 0 spiro atoms. The van der Waals surface area contributed by atoms with Crippen molar-refractivity contribution >= 4 is 0 Å². The molecule has 0 saturated heterocycles. The lowest BCUT2D eigenvalue weighted by molar-refractivity contribution is 0.380. The lowest BCUT2D eigenvalue weighted by Crippen LogP contribution is -2.18. The summed E-state index contributed by atoms with van der Waals surface area (Å²) in [5.41, 5.74) is 6.71. The Morgan fingerprint density at radius 1 is 1.29 bits per heavy atom. The quantitative estimate of drug-likeness (QED) is 0.780. The van der Waals surface area contributed by atoms with Gasteiger partial charge in [0.25, 0.3) is 0 Å². The van der Waals surface area contributed by atoms with Crippen LogP contribution in [0.2, 0.25) is 0 Å². The van der Waals surface area contributed by atoms with E-state index in [2.05, 4.69) is 4.98 Å². The number of ether oxygens (including phenoxy) is 2. The van der Waals surface area contributed by atoms with Crippen LogP contribution >= 0.6 is 0 Å². The molecule has 0 aliphatic rings. The molecule has 0 fully saturated rings.